The Morgan fingerprint density at radius 1 is 1.27 bits per heavy atom. The molecule has 0 unspecified atom stereocenters. The van der Waals surface area contributed by atoms with E-state index in [2.05, 4.69) is 4.98 Å². The van der Waals surface area contributed by atoms with Crippen molar-refractivity contribution in [1.82, 2.24) is 9.88 Å². The molecule has 0 N–H and O–H groups in total. The largest absolute Gasteiger partial charge is 0.489 e. The van der Waals surface area contributed by atoms with E-state index in [1.54, 1.807) is 37.4 Å². The molecule has 1 heterocycles. The highest BCUT2D eigenvalue weighted by molar-refractivity contribution is 5.93. The van der Waals surface area contributed by atoms with Gasteiger partial charge >= 0.3 is 0 Å². The molecule has 0 aliphatic rings. The summed E-state index contributed by atoms with van der Waals surface area (Å²) in [7, 11) is 3.16. The van der Waals surface area contributed by atoms with Crippen LogP contribution >= 0.6 is 0 Å². The van der Waals surface area contributed by atoms with E-state index in [9.17, 15) is 9.18 Å². The van der Waals surface area contributed by atoms with Crippen molar-refractivity contribution in [3.05, 3.63) is 54.0 Å². The smallest absolute Gasteiger partial charge is 0.255 e. The highest BCUT2D eigenvalue weighted by atomic mass is 19.1. The Labute approximate surface area is 128 Å². The maximum Gasteiger partial charge on any atom is 0.255 e. The zero-order chi connectivity index (χ0) is 15.9. The average molecular weight is 304 g/mol. The third kappa shape index (κ3) is 3.94. The lowest BCUT2D eigenvalue weighted by molar-refractivity contribution is 0.0772. The van der Waals surface area contributed by atoms with Gasteiger partial charge in [-0.25, -0.2) is 9.37 Å². The number of aromatic nitrogens is 1. The van der Waals surface area contributed by atoms with Crippen LogP contribution in [0.2, 0.25) is 0 Å². The van der Waals surface area contributed by atoms with Crippen molar-refractivity contribution in [2.24, 2.45) is 0 Å². The average Bonchev–Trinajstić information content (AvgIpc) is 2.56. The lowest BCUT2D eigenvalue weighted by Crippen LogP contribution is -2.31. The molecule has 1 amide bonds. The van der Waals surface area contributed by atoms with Crippen LogP contribution in [0.3, 0.4) is 0 Å². The topological polar surface area (TPSA) is 51.7 Å². The monoisotopic (exact) mass is 304 g/mol. The molecule has 5 nitrogen and oxygen atoms in total. The van der Waals surface area contributed by atoms with Crippen LogP contribution < -0.4 is 9.47 Å². The first-order chi connectivity index (χ1) is 10.6. The van der Waals surface area contributed by atoms with Gasteiger partial charge in [-0.05, 0) is 18.2 Å². The summed E-state index contributed by atoms with van der Waals surface area (Å²) in [6, 6.07) is 9.42. The number of methoxy groups -OCH3 is 1. The van der Waals surface area contributed by atoms with Gasteiger partial charge in [0.15, 0.2) is 11.6 Å². The SMILES string of the molecule is COc1ccc(C(=O)N(C)CCOc2ccccc2F)cn1. The predicted molar refractivity (Wildman–Crippen MR) is 79.6 cm³/mol. The van der Waals surface area contributed by atoms with E-state index >= 15 is 0 Å². The molecule has 0 radical (unpaired) electrons. The minimum absolute atomic E-state index is 0.175. The van der Waals surface area contributed by atoms with Crippen LogP contribution in [-0.4, -0.2) is 43.1 Å². The summed E-state index contributed by atoms with van der Waals surface area (Å²) in [6.45, 7) is 0.534. The highest BCUT2D eigenvalue weighted by Gasteiger charge is 2.12. The molecule has 22 heavy (non-hydrogen) atoms. The first-order valence-corrected chi connectivity index (χ1v) is 6.74. The van der Waals surface area contributed by atoms with E-state index in [1.165, 1.54) is 24.3 Å². The molecule has 0 fully saturated rings. The first-order valence-electron chi connectivity index (χ1n) is 6.74. The second-order valence-electron chi connectivity index (χ2n) is 4.59. The van der Waals surface area contributed by atoms with Crippen LogP contribution in [0.4, 0.5) is 4.39 Å². The number of amides is 1. The number of pyridine rings is 1. The summed E-state index contributed by atoms with van der Waals surface area (Å²) in [5, 5.41) is 0. The number of nitrogens with zero attached hydrogens (tertiary/aromatic N) is 2. The maximum absolute atomic E-state index is 13.4. The molecule has 0 bridgehead atoms. The van der Waals surface area contributed by atoms with Gasteiger partial charge in [-0.15, -0.1) is 0 Å². The van der Waals surface area contributed by atoms with Crippen LogP contribution in [0.5, 0.6) is 11.6 Å². The van der Waals surface area contributed by atoms with E-state index in [1.807, 2.05) is 0 Å². The van der Waals surface area contributed by atoms with E-state index in [4.69, 9.17) is 9.47 Å². The maximum atomic E-state index is 13.4. The number of carbonyl (C=O) groups is 1. The number of halogens is 1. The van der Waals surface area contributed by atoms with Crippen molar-refractivity contribution in [1.29, 1.82) is 0 Å². The zero-order valence-electron chi connectivity index (χ0n) is 12.5. The summed E-state index contributed by atoms with van der Waals surface area (Å²) in [5.41, 5.74) is 0.453. The van der Waals surface area contributed by atoms with Gasteiger partial charge in [-0.3, -0.25) is 4.79 Å². The van der Waals surface area contributed by atoms with Crippen molar-refractivity contribution in [2.75, 3.05) is 27.3 Å². The van der Waals surface area contributed by atoms with Crippen molar-refractivity contribution in [2.45, 2.75) is 0 Å². The lowest BCUT2D eigenvalue weighted by Gasteiger charge is -2.17. The van der Waals surface area contributed by atoms with Gasteiger partial charge in [-0.1, -0.05) is 12.1 Å². The van der Waals surface area contributed by atoms with Gasteiger partial charge in [0.25, 0.3) is 5.91 Å². The summed E-state index contributed by atoms with van der Waals surface area (Å²) in [5.74, 6) is 0.0136. The summed E-state index contributed by atoms with van der Waals surface area (Å²) < 4.78 is 23.7. The van der Waals surface area contributed by atoms with Crippen molar-refractivity contribution in [3.8, 4) is 11.6 Å². The number of likely N-dealkylation sites (N-methyl/N-ethyl adjacent to an activating group) is 1. The van der Waals surface area contributed by atoms with Crippen LogP contribution in [-0.2, 0) is 0 Å². The molecule has 2 aromatic rings. The number of ether oxygens (including phenoxy) is 2. The van der Waals surface area contributed by atoms with E-state index in [0.29, 0.717) is 18.0 Å². The third-order valence-corrected chi connectivity index (χ3v) is 3.06. The van der Waals surface area contributed by atoms with Gasteiger partial charge < -0.3 is 14.4 Å². The molecule has 1 aromatic carbocycles. The van der Waals surface area contributed by atoms with Crippen molar-refractivity contribution < 1.29 is 18.7 Å². The van der Waals surface area contributed by atoms with Crippen LogP contribution in [0.1, 0.15) is 10.4 Å². The number of hydrogen-bond acceptors (Lipinski definition) is 4. The van der Waals surface area contributed by atoms with Gasteiger partial charge in [0.2, 0.25) is 5.88 Å². The minimum atomic E-state index is -0.421. The fourth-order valence-corrected chi connectivity index (χ4v) is 1.80. The molecule has 0 atom stereocenters. The normalized spacial score (nSPS) is 10.1. The molecular weight excluding hydrogens is 287 g/mol. The van der Waals surface area contributed by atoms with Crippen molar-refractivity contribution >= 4 is 5.91 Å². The van der Waals surface area contributed by atoms with E-state index in [0.717, 1.165) is 0 Å². The second kappa shape index (κ2) is 7.40. The number of benzene rings is 1. The number of rotatable bonds is 6. The molecule has 6 heteroatoms. The van der Waals surface area contributed by atoms with Gasteiger partial charge in [0, 0.05) is 19.3 Å². The van der Waals surface area contributed by atoms with Crippen LogP contribution in [0, 0.1) is 5.82 Å². The molecule has 0 aliphatic heterocycles. The first kappa shape index (κ1) is 15.8. The van der Waals surface area contributed by atoms with E-state index in [-0.39, 0.29) is 18.3 Å². The van der Waals surface area contributed by atoms with Crippen molar-refractivity contribution in [3.63, 3.8) is 0 Å². The Morgan fingerprint density at radius 2 is 2.05 bits per heavy atom. The minimum Gasteiger partial charge on any atom is -0.489 e. The molecule has 0 spiro atoms. The molecule has 1 aromatic heterocycles. The number of para-hydroxylation sites is 1. The Hall–Kier alpha value is -2.63. The summed E-state index contributed by atoms with van der Waals surface area (Å²) >= 11 is 0. The third-order valence-electron chi connectivity index (χ3n) is 3.06. The quantitative estimate of drug-likeness (QED) is 0.822. The fraction of sp³-hybridized carbons (Fsp3) is 0.250. The van der Waals surface area contributed by atoms with E-state index < -0.39 is 5.82 Å². The Morgan fingerprint density at radius 3 is 2.68 bits per heavy atom. The number of hydrogen-bond donors (Lipinski definition) is 0. The fourth-order valence-electron chi connectivity index (χ4n) is 1.80. The molecule has 0 saturated carbocycles. The van der Waals surface area contributed by atoms with Gasteiger partial charge in [0.1, 0.15) is 6.61 Å². The van der Waals surface area contributed by atoms with Crippen LogP contribution in [0.15, 0.2) is 42.6 Å². The standard InChI is InChI=1S/C16H17FN2O3/c1-19(9-10-22-14-6-4-3-5-13(14)17)16(20)12-7-8-15(21-2)18-11-12/h3-8,11H,9-10H2,1-2H3. The predicted octanol–water partition coefficient (Wildman–Crippen LogP) is 2.38. The van der Waals surface area contributed by atoms with Gasteiger partial charge in [0.05, 0.1) is 19.2 Å². The van der Waals surface area contributed by atoms with Gasteiger partial charge in [-0.2, -0.15) is 0 Å². The molecule has 0 aliphatic carbocycles. The highest BCUT2D eigenvalue weighted by Crippen LogP contribution is 2.15. The summed E-state index contributed by atoms with van der Waals surface area (Å²) in [6.07, 6.45) is 1.45. The van der Waals surface area contributed by atoms with Crippen LogP contribution in [0.25, 0.3) is 0 Å². The Balaban J connectivity index is 1.87. The second-order valence-corrected chi connectivity index (χ2v) is 4.59. The zero-order valence-corrected chi connectivity index (χ0v) is 12.5. The molecule has 2 rings (SSSR count). The summed E-state index contributed by atoms with van der Waals surface area (Å²) in [4.78, 5) is 17.6. The Kier molecular flexibility index (Phi) is 5.30. The number of carbonyl (C=O) groups excluding carboxylic acids is 1. The molecular formula is C16H17FN2O3. The Bertz CT molecular complexity index is 632. The molecule has 0 saturated heterocycles. The lowest BCUT2D eigenvalue weighted by atomic mass is 10.2. The molecule has 116 valence electrons.